The van der Waals surface area contributed by atoms with Gasteiger partial charge in [-0.3, -0.25) is 0 Å². The van der Waals surface area contributed by atoms with Gasteiger partial charge in [0.1, 0.15) is 0 Å². The van der Waals surface area contributed by atoms with Gasteiger partial charge in [0, 0.05) is 11.5 Å². The largest absolute Gasteiger partial charge is 0.478 e. The summed E-state index contributed by atoms with van der Waals surface area (Å²) in [5, 5.41) is 9.31. The Hall–Kier alpha value is -1.57. The normalized spacial score (nSPS) is 33.0. The van der Waals surface area contributed by atoms with E-state index < -0.39 is 5.97 Å². The van der Waals surface area contributed by atoms with E-state index in [2.05, 4.69) is 46.8 Å². The van der Waals surface area contributed by atoms with Crippen LogP contribution in [0.15, 0.2) is 23.8 Å². The first-order valence-electron chi connectivity index (χ1n) is 9.68. The fraction of sp³-hybridized carbons (Fsp3) is 0.609. The smallest absolute Gasteiger partial charge is 0.328 e. The second kappa shape index (κ2) is 4.99. The van der Waals surface area contributed by atoms with E-state index in [1.165, 1.54) is 41.2 Å². The van der Waals surface area contributed by atoms with Crippen molar-refractivity contribution in [1.82, 2.24) is 0 Å². The van der Waals surface area contributed by atoms with Gasteiger partial charge in [0.25, 0.3) is 0 Å². The van der Waals surface area contributed by atoms with Crippen LogP contribution in [0.1, 0.15) is 82.1 Å². The van der Waals surface area contributed by atoms with Gasteiger partial charge in [0.2, 0.25) is 0 Å². The van der Waals surface area contributed by atoms with Gasteiger partial charge < -0.3 is 5.11 Å². The molecule has 25 heavy (non-hydrogen) atoms. The molecule has 3 aliphatic carbocycles. The standard InChI is InChI=1S/C23H30O2/c1-14-10-18-19(22(4,5)9-8-21(18,2)3)12-17(14)23-13-16(23)7-6-15(23)11-20(24)25/h10-12,16H,6-9,13H2,1-5H3,(H,24,25). The molecule has 0 amide bonds. The number of benzene rings is 1. The van der Waals surface area contributed by atoms with Gasteiger partial charge in [-0.2, -0.15) is 0 Å². The predicted molar refractivity (Wildman–Crippen MR) is 101 cm³/mol. The van der Waals surface area contributed by atoms with Crippen molar-refractivity contribution in [2.24, 2.45) is 5.92 Å². The number of aryl methyl sites for hydroxylation is 1. The van der Waals surface area contributed by atoms with Crippen molar-refractivity contribution in [2.75, 3.05) is 0 Å². The fourth-order valence-corrected chi connectivity index (χ4v) is 5.68. The summed E-state index contributed by atoms with van der Waals surface area (Å²) in [6, 6.07) is 4.89. The summed E-state index contributed by atoms with van der Waals surface area (Å²) in [5.74, 6) is -0.145. The van der Waals surface area contributed by atoms with Crippen molar-refractivity contribution in [3.8, 4) is 0 Å². The summed E-state index contributed by atoms with van der Waals surface area (Å²) >= 11 is 0. The molecule has 4 rings (SSSR count). The Labute approximate surface area is 151 Å². The van der Waals surface area contributed by atoms with E-state index in [9.17, 15) is 9.90 Å². The Morgan fingerprint density at radius 3 is 2.24 bits per heavy atom. The molecular weight excluding hydrogens is 308 g/mol. The molecule has 0 aromatic heterocycles. The molecule has 2 unspecified atom stereocenters. The topological polar surface area (TPSA) is 37.3 Å². The van der Waals surface area contributed by atoms with Crippen LogP contribution in [0.2, 0.25) is 0 Å². The van der Waals surface area contributed by atoms with E-state index >= 15 is 0 Å². The van der Waals surface area contributed by atoms with E-state index in [-0.39, 0.29) is 16.2 Å². The zero-order valence-electron chi connectivity index (χ0n) is 16.2. The Bertz CT molecular complexity index is 797. The molecule has 2 saturated carbocycles. The van der Waals surface area contributed by atoms with E-state index in [0.29, 0.717) is 5.92 Å². The number of rotatable bonds is 2. The maximum Gasteiger partial charge on any atom is 0.328 e. The summed E-state index contributed by atoms with van der Waals surface area (Å²) in [6.45, 7) is 11.7. The molecule has 1 N–H and O–H groups in total. The van der Waals surface area contributed by atoms with E-state index in [4.69, 9.17) is 0 Å². The molecule has 3 aliphatic rings. The Balaban J connectivity index is 1.90. The lowest BCUT2D eigenvalue weighted by Crippen LogP contribution is -2.34. The Morgan fingerprint density at radius 1 is 1.08 bits per heavy atom. The third-order valence-corrected chi connectivity index (χ3v) is 7.42. The highest BCUT2D eigenvalue weighted by Gasteiger charge is 2.61. The molecule has 0 heterocycles. The Kier molecular flexibility index (Phi) is 3.37. The van der Waals surface area contributed by atoms with E-state index in [0.717, 1.165) is 24.8 Å². The van der Waals surface area contributed by atoms with Crippen molar-refractivity contribution < 1.29 is 9.90 Å². The molecule has 0 saturated heterocycles. The number of carboxylic acids is 1. The maximum atomic E-state index is 11.3. The number of hydrogen-bond acceptors (Lipinski definition) is 1. The van der Waals surface area contributed by atoms with Gasteiger partial charge in [0.15, 0.2) is 0 Å². The van der Waals surface area contributed by atoms with Crippen molar-refractivity contribution in [3.63, 3.8) is 0 Å². The molecule has 0 aliphatic heterocycles. The number of carboxylic acid groups (broad SMARTS) is 1. The average molecular weight is 338 g/mol. The lowest BCUT2D eigenvalue weighted by atomic mass is 9.62. The first-order valence-corrected chi connectivity index (χ1v) is 9.68. The molecule has 0 spiro atoms. The summed E-state index contributed by atoms with van der Waals surface area (Å²) in [5.41, 5.74) is 7.35. The zero-order chi connectivity index (χ0) is 18.2. The molecule has 0 radical (unpaired) electrons. The SMILES string of the molecule is Cc1cc2c(cc1C13CC1CCC3=CC(=O)O)C(C)(C)CCC2(C)C. The molecule has 2 nitrogen and oxygen atoms in total. The monoisotopic (exact) mass is 338 g/mol. The number of hydrogen-bond donors (Lipinski definition) is 1. The van der Waals surface area contributed by atoms with Crippen LogP contribution in [0.25, 0.3) is 0 Å². The highest BCUT2D eigenvalue weighted by atomic mass is 16.4. The lowest BCUT2D eigenvalue weighted by molar-refractivity contribution is -0.131. The van der Waals surface area contributed by atoms with Gasteiger partial charge in [-0.1, -0.05) is 45.4 Å². The van der Waals surface area contributed by atoms with Crippen LogP contribution in [0, 0.1) is 12.8 Å². The molecule has 134 valence electrons. The van der Waals surface area contributed by atoms with Gasteiger partial charge in [-0.25, -0.2) is 4.79 Å². The summed E-state index contributed by atoms with van der Waals surface area (Å²) in [6.07, 6.45) is 7.16. The van der Waals surface area contributed by atoms with Crippen LogP contribution in [0.4, 0.5) is 0 Å². The average Bonchev–Trinajstić information content (AvgIpc) is 3.14. The van der Waals surface area contributed by atoms with Crippen LogP contribution in [0.5, 0.6) is 0 Å². The Morgan fingerprint density at radius 2 is 1.68 bits per heavy atom. The van der Waals surface area contributed by atoms with Crippen molar-refractivity contribution >= 4 is 5.97 Å². The minimum atomic E-state index is -0.793. The minimum absolute atomic E-state index is 0.0230. The third kappa shape index (κ3) is 2.33. The highest BCUT2D eigenvalue weighted by molar-refractivity contribution is 5.82. The van der Waals surface area contributed by atoms with Crippen molar-refractivity contribution in [1.29, 1.82) is 0 Å². The lowest BCUT2D eigenvalue weighted by Gasteiger charge is -2.43. The van der Waals surface area contributed by atoms with Crippen LogP contribution >= 0.6 is 0 Å². The second-order valence-electron chi connectivity index (χ2n) is 9.90. The van der Waals surface area contributed by atoms with Gasteiger partial charge in [0.05, 0.1) is 0 Å². The number of aliphatic carboxylic acids is 1. The number of allylic oxidation sites excluding steroid dienone is 1. The van der Waals surface area contributed by atoms with Gasteiger partial charge in [-0.15, -0.1) is 0 Å². The second-order valence-corrected chi connectivity index (χ2v) is 9.90. The summed E-state index contributed by atoms with van der Waals surface area (Å²) < 4.78 is 0. The highest BCUT2D eigenvalue weighted by Crippen LogP contribution is 2.68. The molecular formula is C23H30O2. The van der Waals surface area contributed by atoms with E-state index in [1.807, 2.05) is 0 Å². The minimum Gasteiger partial charge on any atom is -0.478 e. The molecule has 0 bridgehead atoms. The van der Waals surface area contributed by atoms with Crippen molar-refractivity contribution in [2.45, 2.75) is 83.0 Å². The van der Waals surface area contributed by atoms with Crippen LogP contribution in [-0.4, -0.2) is 11.1 Å². The van der Waals surface area contributed by atoms with E-state index in [1.54, 1.807) is 0 Å². The molecule has 2 atom stereocenters. The van der Waals surface area contributed by atoms with Gasteiger partial charge in [-0.05, 0) is 78.0 Å². The maximum absolute atomic E-state index is 11.3. The molecule has 2 heteroatoms. The van der Waals surface area contributed by atoms with Crippen LogP contribution in [0.3, 0.4) is 0 Å². The third-order valence-electron chi connectivity index (χ3n) is 7.42. The zero-order valence-corrected chi connectivity index (χ0v) is 16.2. The summed E-state index contributed by atoms with van der Waals surface area (Å²) in [4.78, 5) is 11.3. The molecule has 2 fully saturated rings. The van der Waals surface area contributed by atoms with Gasteiger partial charge >= 0.3 is 5.97 Å². The predicted octanol–water partition coefficient (Wildman–Crippen LogP) is 5.41. The fourth-order valence-electron chi connectivity index (χ4n) is 5.68. The number of carbonyl (C=O) groups is 1. The van der Waals surface area contributed by atoms with Crippen LogP contribution < -0.4 is 0 Å². The number of fused-ring (bicyclic) bond motifs is 2. The molecule has 1 aromatic rings. The quantitative estimate of drug-likeness (QED) is 0.732. The summed E-state index contributed by atoms with van der Waals surface area (Å²) in [7, 11) is 0. The van der Waals surface area contributed by atoms with Crippen LogP contribution in [-0.2, 0) is 21.0 Å². The first-order chi connectivity index (χ1) is 11.6. The first kappa shape index (κ1) is 16.9. The van der Waals surface area contributed by atoms with Crippen molar-refractivity contribution in [3.05, 3.63) is 46.0 Å². The molecule has 1 aromatic carbocycles.